The third kappa shape index (κ3) is 3.77. The molecule has 2 aromatic carbocycles. The highest BCUT2D eigenvalue weighted by Gasteiger charge is 2.19. The standard InChI is InChI=1S/C21H15Cl2N3O4/c1-28-16-6-5-11(21-26-19-17(30-21)4-3-7-24-19)8-15(16)25-20(27)13-9-12(22)10-14(23)18(13)29-2/h3-10H,1-2H3,(H,25,27). The van der Waals surface area contributed by atoms with E-state index in [0.717, 1.165) is 0 Å². The van der Waals surface area contributed by atoms with Gasteiger partial charge in [0, 0.05) is 16.8 Å². The van der Waals surface area contributed by atoms with Gasteiger partial charge < -0.3 is 19.2 Å². The molecular formula is C21H15Cl2N3O4. The number of benzene rings is 2. The third-order valence-electron chi connectivity index (χ3n) is 4.32. The predicted molar refractivity (Wildman–Crippen MR) is 115 cm³/mol. The summed E-state index contributed by atoms with van der Waals surface area (Å²) in [7, 11) is 2.93. The Morgan fingerprint density at radius 3 is 2.67 bits per heavy atom. The number of aromatic nitrogens is 2. The number of rotatable bonds is 5. The largest absolute Gasteiger partial charge is 0.495 e. The average molecular weight is 444 g/mol. The smallest absolute Gasteiger partial charge is 0.259 e. The van der Waals surface area contributed by atoms with E-state index in [4.69, 9.17) is 37.1 Å². The number of carbonyl (C=O) groups is 1. The van der Waals surface area contributed by atoms with Crippen molar-refractivity contribution in [3.05, 3.63) is 64.3 Å². The first-order valence-electron chi connectivity index (χ1n) is 8.74. The minimum atomic E-state index is -0.467. The van der Waals surface area contributed by atoms with Crippen LogP contribution in [0.3, 0.4) is 0 Å². The highest BCUT2D eigenvalue weighted by Crippen LogP contribution is 2.35. The molecule has 0 aliphatic carbocycles. The summed E-state index contributed by atoms with van der Waals surface area (Å²) in [5, 5.41) is 3.35. The van der Waals surface area contributed by atoms with Gasteiger partial charge in [-0.25, -0.2) is 4.98 Å². The summed E-state index contributed by atoms with van der Waals surface area (Å²) in [4.78, 5) is 21.5. The van der Waals surface area contributed by atoms with Crippen molar-refractivity contribution in [3.8, 4) is 23.0 Å². The van der Waals surface area contributed by atoms with E-state index < -0.39 is 5.91 Å². The second kappa shape index (κ2) is 8.22. The Kier molecular flexibility index (Phi) is 5.48. The van der Waals surface area contributed by atoms with Gasteiger partial charge in [-0.3, -0.25) is 4.79 Å². The fourth-order valence-electron chi connectivity index (χ4n) is 2.96. The van der Waals surface area contributed by atoms with E-state index in [2.05, 4.69) is 15.3 Å². The van der Waals surface area contributed by atoms with Gasteiger partial charge in [0.05, 0.1) is 30.5 Å². The summed E-state index contributed by atoms with van der Waals surface area (Å²) >= 11 is 12.2. The van der Waals surface area contributed by atoms with Crippen molar-refractivity contribution in [2.24, 2.45) is 0 Å². The van der Waals surface area contributed by atoms with Crippen molar-refractivity contribution in [1.29, 1.82) is 0 Å². The van der Waals surface area contributed by atoms with E-state index in [-0.39, 0.29) is 16.3 Å². The van der Waals surface area contributed by atoms with Crippen molar-refractivity contribution < 1.29 is 18.7 Å². The molecule has 4 rings (SSSR count). The van der Waals surface area contributed by atoms with E-state index in [1.54, 1.807) is 36.5 Å². The van der Waals surface area contributed by atoms with Crippen LogP contribution in [0.1, 0.15) is 10.4 Å². The van der Waals surface area contributed by atoms with E-state index in [9.17, 15) is 4.79 Å². The zero-order valence-electron chi connectivity index (χ0n) is 15.9. The normalized spacial score (nSPS) is 10.8. The molecule has 2 aromatic heterocycles. The number of amides is 1. The molecule has 0 atom stereocenters. The number of fused-ring (bicyclic) bond motifs is 1. The first-order valence-corrected chi connectivity index (χ1v) is 9.50. The van der Waals surface area contributed by atoms with Gasteiger partial charge in [-0.15, -0.1) is 0 Å². The SMILES string of the molecule is COc1ccc(-c2nc3ncccc3o2)cc1NC(=O)c1cc(Cl)cc(Cl)c1OC. The first-order chi connectivity index (χ1) is 14.5. The van der Waals surface area contributed by atoms with Gasteiger partial charge in [0.25, 0.3) is 5.91 Å². The number of oxazole rings is 1. The van der Waals surface area contributed by atoms with Crippen LogP contribution in [-0.2, 0) is 0 Å². The van der Waals surface area contributed by atoms with Gasteiger partial charge in [0.1, 0.15) is 11.5 Å². The Labute approximate surface area is 181 Å². The molecule has 0 spiro atoms. The first kappa shape index (κ1) is 20.0. The molecular weight excluding hydrogens is 429 g/mol. The molecule has 0 saturated heterocycles. The number of anilines is 1. The number of carbonyl (C=O) groups excluding carboxylic acids is 1. The van der Waals surface area contributed by atoms with Crippen LogP contribution in [0.25, 0.3) is 22.7 Å². The van der Waals surface area contributed by atoms with E-state index >= 15 is 0 Å². The summed E-state index contributed by atoms with van der Waals surface area (Å²) in [6.07, 6.45) is 1.64. The summed E-state index contributed by atoms with van der Waals surface area (Å²) in [5.41, 5.74) is 2.29. The lowest BCUT2D eigenvalue weighted by molar-refractivity contribution is 0.102. The van der Waals surface area contributed by atoms with Crippen LogP contribution in [0.5, 0.6) is 11.5 Å². The molecule has 0 fully saturated rings. The molecule has 152 valence electrons. The van der Waals surface area contributed by atoms with Crippen molar-refractivity contribution in [3.63, 3.8) is 0 Å². The van der Waals surface area contributed by atoms with Crippen molar-refractivity contribution in [1.82, 2.24) is 9.97 Å². The van der Waals surface area contributed by atoms with Crippen molar-refractivity contribution in [2.45, 2.75) is 0 Å². The van der Waals surface area contributed by atoms with Crippen LogP contribution in [0, 0.1) is 0 Å². The predicted octanol–water partition coefficient (Wildman–Crippen LogP) is 5.47. The van der Waals surface area contributed by atoms with Crippen LogP contribution >= 0.6 is 23.2 Å². The second-order valence-corrected chi connectivity index (χ2v) is 7.03. The molecule has 0 saturated carbocycles. The second-order valence-electron chi connectivity index (χ2n) is 6.18. The summed E-state index contributed by atoms with van der Waals surface area (Å²) in [6.45, 7) is 0. The molecule has 0 aliphatic heterocycles. The number of methoxy groups -OCH3 is 2. The molecule has 0 unspecified atom stereocenters. The molecule has 7 nitrogen and oxygen atoms in total. The molecule has 0 bridgehead atoms. The van der Waals surface area contributed by atoms with Gasteiger partial charge >= 0.3 is 0 Å². The van der Waals surface area contributed by atoms with E-state index in [1.165, 1.54) is 26.4 Å². The summed E-state index contributed by atoms with van der Waals surface area (Å²) in [5.74, 6) is 0.573. The molecule has 4 aromatic rings. The number of nitrogens with one attached hydrogen (secondary N) is 1. The fraction of sp³-hybridized carbons (Fsp3) is 0.0952. The Bertz CT molecular complexity index is 1220. The maximum atomic E-state index is 12.9. The number of ether oxygens (including phenoxy) is 2. The molecule has 9 heteroatoms. The maximum Gasteiger partial charge on any atom is 0.259 e. The van der Waals surface area contributed by atoms with E-state index in [0.29, 0.717) is 39.1 Å². The van der Waals surface area contributed by atoms with Gasteiger partial charge in [-0.2, -0.15) is 4.98 Å². The summed E-state index contributed by atoms with van der Waals surface area (Å²) < 4.78 is 16.4. The Morgan fingerprint density at radius 2 is 1.93 bits per heavy atom. The van der Waals surface area contributed by atoms with Gasteiger partial charge in [-0.1, -0.05) is 23.2 Å². The zero-order chi connectivity index (χ0) is 21.3. The number of hydrogen-bond acceptors (Lipinski definition) is 6. The Hall–Kier alpha value is -3.29. The lowest BCUT2D eigenvalue weighted by Gasteiger charge is -2.14. The van der Waals surface area contributed by atoms with Gasteiger partial charge in [0.15, 0.2) is 11.2 Å². The van der Waals surface area contributed by atoms with Gasteiger partial charge in [-0.05, 0) is 42.5 Å². The molecule has 30 heavy (non-hydrogen) atoms. The summed E-state index contributed by atoms with van der Waals surface area (Å²) in [6, 6.07) is 11.7. The number of pyridine rings is 1. The highest BCUT2D eigenvalue weighted by molar-refractivity contribution is 6.36. The topological polar surface area (TPSA) is 86.5 Å². The quantitative estimate of drug-likeness (QED) is 0.440. The number of halogens is 2. The number of hydrogen-bond donors (Lipinski definition) is 1. The van der Waals surface area contributed by atoms with E-state index in [1.807, 2.05) is 0 Å². The highest BCUT2D eigenvalue weighted by atomic mass is 35.5. The lowest BCUT2D eigenvalue weighted by atomic mass is 10.1. The average Bonchev–Trinajstić information content (AvgIpc) is 3.17. The maximum absolute atomic E-state index is 12.9. The van der Waals surface area contributed by atoms with Crippen LogP contribution in [0.15, 0.2) is 53.1 Å². The van der Waals surface area contributed by atoms with Crippen molar-refractivity contribution in [2.75, 3.05) is 19.5 Å². The zero-order valence-corrected chi connectivity index (χ0v) is 17.4. The van der Waals surface area contributed by atoms with Crippen LogP contribution in [-0.4, -0.2) is 30.1 Å². The lowest BCUT2D eigenvalue weighted by Crippen LogP contribution is -2.14. The minimum Gasteiger partial charge on any atom is -0.495 e. The Balaban J connectivity index is 1.72. The molecule has 1 N–H and O–H groups in total. The molecule has 0 aliphatic rings. The van der Waals surface area contributed by atoms with Crippen LogP contribution < -0.4 is 14.8 Å². The fourth-order valence-corrected chi connectivity index (χ4v) is 3.53. The van der Waals surface area contributed by atoms with Gasteiger partial charge in [0.2, 0.25) is 5.89 Å². The molecule has 2 heterocycles. The minimum absolute atomic E-state index is 0.188. The number of nitrogens with zero attached hydrogens (tertiary/aromatic N) is 2. The molecule has 1 amide bonds. The Morgan fingerprint density at radius 1 is 1.10 bits per heavy atom. The van der Waals surface area contributed by atoms with Crippen LogP contribution in [0.2, 0.25) is 10.0 Å². The van der Waals surface area contributed by atoms with Crippen LogP contribution in [0.4, 0.5) is 5.69 Å². The van der Waals surface area contributed by atoms with Crippen molar-refractivity contribution >= 4 is 46.0 Å². The monoisotopic (exact) mass is 443 g/mol. The third-order valence-corrected chi connectivity index (χ3v) is 4.82. The molecule has 0 radical (unpaired) electrons.